The zero-order valence-electron chi connectivity index (χ0n) is 17.8. The van der Waals surface area contributed by atoms with Gasteiger partial charge in [0.25, 0.3) is 5.91 Å². The summed E-state index contributed by atoms with van der Waals surface area (Å²) in [6.07, 6.45) is 0. The molecule has 0 saturated heterocycles. The molecule has 0 spiro atoms. The van der Waals surface area contributed by atoms with Crippen LogP contribution in [0.15, 0.2) is 29.2 Å². The Morgan fingerprint density at radius 2 is 1.64 bits per heavy atom. The third kappa shape index (κ3) is 5.20. The van der Waals surface area contributed by atoms with Gasteiger partial charge < -0.3 is 5.32 Å². The van der Waals surface area contributed by atoms with Gasteiger partial charge in [-0.05, 0) is 73.1 Å². The largest absolute Gasteiger partial charge is 0.307 e. The number of nitrogens with one attached hydrogen (secondary N) is 2. The molecule has 0 atom stereocenters. The van der Waals surface area contributed by atoms with Gasteiger partial charge in [0.05, 0.1) is 16.1 Å². The van der Waals surface area contributed by atoms with Gasteiger partial charge >= 0.3 is 0 Å². The van der Waals surface area contributed by atoms with E-state index in [1.807, 2.05) is 27.7 Å². The number of amides is 1. The van der Waals surface area contributed by atoms with Crippen LogP contribution in [0.2, 0.25) is 0 Å². The van der Waals surface area contributed by atoms with Gasteiger partial charge in [0.15, 0.2) is 0 Å². The lowest BCUT2D eigenvalue weighted by Crippen LogP contribution is -2.40. The van der Waals surface area contributed by atoms with Crippen LogP contribution in [-0.4, -0.2) is 29.6 Å². The molecule has 7 nitrogen and oxygen atoms in total. The van der Waals surface area contributed by atoms with Gasteiger partial charge in [-0.25, -0.2) is 17.8 Å². The minimum atomic E-state index is -3.74. The number of anilines is 1. The number of hydrogen-bond acceptors (Lipinski definition) is 4. The predicted octanol–water partition coefficient (Wildman–Crippen LogP) is 3.58. The van der Waals surface area contributed by atoms with E-state index in [0.717, 1.165) is 5.69 Å². The van der Waals surface area contributed by atoms with Gasteiger partial charge in [-0.2, -0.15) is 5.10 Å². The van der Waals surface area contributed by atoms with Crippen LogP contribution in [0.4, 0.5) is 5.82 Å². The summed E-state index contributed by atoms with van der Waals surface area (Å²) in [4.78, 5) is 13.0. The molecule has 0 aliphatic heterocycles. The van der Waals surface area contributed by atoms with Crippen molar-refractivity contribution >= 4 is 21.7 Å². The van der Waals surface area contributed by atoms with Crippen LogP contribution in [0.1, 0.15) is 63.2 Å². The number of sulfonamides is 1. The summed E-state index contributed by atoms with van der Waals surface area (Å²) in [5.41, 5.74) is 0.839. The first-order valence-corrected chi connectivity index (χ1v) is 10.6. The second-order valence-electron chi connectivity index (χ2n) is 9.04. The average molecular weight is 407 g/mol. The van der Waals surface area contributed by atoms with E-state index in [2.05, 4.69) is 15.1 Å². The van der Waals surface area contributed by atoms with Crippen molar-refractivity contribution in [3.8, 4) is 0 Å². The first-order chi connectivity index (χ1) is 12.6. The number of carbonyl (C=O) groups is 1. The molecule has 0 saturated carbocycles. The molecule has 0 radical (unpaired) electrons. The Kier molecular flexibility index (Phi) is 5.78. The van der Waals surface area contributed by atoms with Gasteiger partial charge in [0, 0.05) is 17.2 Å². The SMILES string of the molecule is Cc1cc(NC(=O)c2cc(S(=O)(=O)NC(C)(C)C)ccc2C)n(C(C)(C)C)n1. The minimum absolute atomic E-state index is 0.0543. The highest BCUT2D eigenvalue weighted by atomic mass is 32.2. The number of aromatic nitrogens is 2. The molecule has 1 aromatic heterocycles. The summed E-state index contributed by atoms with van der Waals surface area (Å²) >= 11 is 0. The van der Waals surface area contributed by atoms with E-state index < -0.39 is 15.6 Å². The second kappa shape index (κ2) is 7.33. The third-order valence-corrected chi connectivity index (χ3v) is 5.67. The van der Waals surface area contributed by atoms with Crippen LogP contribution in [0, 0.1) is 13.8 Å². The fourth-order valence-electron chi connectivity index (χ4n) is 2.76. The Balaban J connectivity index is 2.40. The van der Waals surface area contributed by atoms with E-state index in [9.17, 15) is 13.2 Å². The minimum Gasteiger partial charge on any atom is -0.307 e. The van der Waals surface area contributed by atoms with Gasteiger partial charge in [-0.3, -0.25) is 4.79 Å². The normalized spacial score (nSPS) is 12.9. The van der Waals surface area contributed by atoms with Crippen LogP contribution >= 0.6 is 0 Å². The van der Waals surface area contributed by atoms with Crippen molar-refractivity contribution in [1.29, 1.82) is 0 Å². The molecule has 28 heavy (non-hydrogen) atoms. The topological polar surface area (TPSA) is 93.1 Å². The standard InChI is InChI=1S/C20H30N4O3S/c1-13-9-10-15(28(26,27)23-19(3,4)5)12-16(13)18(25)21-17-11-14(2)22-24(17)20(6,7)8/h9-12,23H,1-8H3,(H,21,25). The fraction of sp³-hybridized carbons (Fsp3) is 0.500. The number of aryl methyl sites for hydroxylation is 2. The van der Waals surface area contributed by atoms with Gasteiger partial charge in [0.1, 0.15) is 5.82 Å². The van der Waals surface area contributed by atoms with E-state index in [1.165, 1.54) is 12.1 Å². The van der Waals surface area contributed by atoms with Crippen molar-refractivity contribution in [3.05, 3.63) is 41.1 Å². The highest BCUT2D eigenvalue weighted by Crippen LogP contribution is 2.23. The Hall–Kier alpha value is -2.19. The predicted molar refractivity (Wildman–Crippen MR) is 111 cm³/mol. The van der Waals surface area contributed by atoms with E-state index in [-0.39, 0.29) is 16.3 Å². The number of nitrogens with zero attached hydrogens (tertiary/aromatic N) is 2. The fourth-order valence-corrected chi connectivity index (χ4v) is 4.20. The molecule has 2 aromatic rings. The van der Waals surface area contributed by atoms with Crippen LogP contribution in [0.3, 0.4) is 0 Å². The molecule has 0 aliphatic carbocycles. The van der Waals surface area contributed by atoms with Gasteiger partial charge in [-0.1, -0.05) is 6.07 Å². The summed E-state index contributed by atoms with van der Waals surface area (Å²) in [7, 11) is -3.74. The lowest BCUT2D eigenvalue weighted by atomic mass is 10.1. The van der Waals surface area contributed by atoms with Gasteiger partial charge in [-0.15, -0.1) is 0 Å². The molecule has 0 fully saturated rings. The molecule has 0 aliphatic rings. The smallest absolute Gasteiger partial charge is 0.257 e. The molecule has 154 valence electrons. The lowest BCUT2D eigenvalue weighted by Gasteiger charge is -2.23. The maximum Gasteiger partial charge on any atom is 0.257 e. The van der Waals surface area contributed by atoms with Crippen molar-refractivity contribution in [3.63, 3.8) is 0 Å². The van der Waals surface area contributed by atoms with E-state index in [4.69, 9.17) is 0 Å². The number of hydrogen-bond donors (Lipinski definition) is 2. The molecule has 1 amide bonds. The Morgan fingerprint density at radius 1 is 1.04 bits per heavy atom. The molecule has 0 unspecified atom stereocenters. The highest BCUT2D eigenvalue weighted by Gasteiger charge is 2.25. The number of carbonyl (C=O) groups excluding carboxylic acids is 1. The van der Waals surface area contributed by atoms with Crippen molar-refractivity contribution in [1.82, 2.24) is 14.5 Å². The summed E-state index contributed by atoms with van der Waals surface area (Å²) in [6.45, 7) is 14.9. The monoisotopic (exact) mass is 406 g/mol. The van der Waals surface area contributed by atoms with Crippen LogP contribution in [0.5, 0.6) is 0 Å². The molecule has 0 bridgehead atoms. The van der Waals surface area contributed by atoms with Crippen molar-refractivity contribution < 1.29 is 13.2 Å². The van der Waals surface area contributed by atoms with E-state index in [0.29, 0.717) is 16.9 Å². The molecule has 1 heterocycles. The van der Waals surface area contributed by atoms with Gasteiger partial charge in [0.2, 0.25) is 10.0 Å². The summed E-state index contributed by atoms with van der Waals surface area (Å²) in [5, 5.41) is 7.31. The molecule has 2 N–H and O–H groups in total. The first-order valence-electron chi connectivity index (χ1n) is 9.13. The first kappa shape index (κ1) is 22.1. The Labute approximate surface area is 167 Å². The van der Waals surface area contributed by atoms with E-state index >= 15 is 0 Å². The van der Waals surface area contributed by atoms with Crippen molar-refractivity contribution in [2.75, 3.05) is 5.32 Å². The quantitative estimate of drug-likeness (QED) is 0.811. The number of benzene rings is 1. The molecular weight excluding hydrogens is 376 g/mol. The zero-order valence-corrected chi connectivity index (χ0v) is 18.7. The summed E-state index contributed by atoms with van der Waals surface area (Å²) < 4.78 is 29.6. The summed E-state index contributed by atoms with van der Waals surface area (Å²) in [6, 6.07) is 6.34. The van der Waals surface area contributed by atoms with Crippen LogP contribution in [0.25, 0.3) is 0 Å². The lowest BCUT2D eigenvalue weighted by molar-refractivity contribution is 0.102. The molecule has 2 rings (SSSR count). The average Bonchev–Trinajstić information content (AvgIpc) is 2.85. The Bertz CT molecular complexity index is 993. The summed E-state index contributed by atoms with van der Waals surface area (Å²) in [5.74, 6) is 0.186. The Morgan fingerprint density at radius 3 is 2.18 bits per heavy atom. The van der Waals surface area contributed by atoms with Crippen molar-refractivity contribution in [2.45, 2.75) is 71.4 Å². The maximum absolute atomic E-state index is 12.9. The molecule has 8 heteroatoms. The second-order valence-corrected chi connectivity index (χ2v) is 10.7. The van der Waals surface area contributed by atoms with Crippen LogP contribution in [-0.2, 0) is 15.6 Å². The maximum atomic E-state index is 12.9. The van der Waals surface area contributed by atoms with Crippen molar-refractivity contribution in [2.24, 2.45) is 0 Å². The number of rotatable bonds is 4. The molecular formula is C20H30N4O3S. The zero-order chi connectivity index (χ0) is 21.5. The third-order valence-electron chi connectivity index (χ3n) is 3.91. The highest BCUT2D eigenvalue weighted by molar-refractivity contribution is 7.89. The molecule has 1 aromatic carbocycles. The van der Waals surface area contributed by atoms with E-state index in [1.54, 1.807) is 44.5 Å². The van der Waals surface area contributed by atoms with Crippen LogP contribution < -0.4 is 10.0 Å².